The summed E-state index contributed by atoms with van der Waals surface area (Å²) in [5.41, 5.74) is 3.36. The third-order valence-corrected chi connectivity index (χ3v) is 9.18. The quantitative estimate of drug-likeness (QED) is 0.296. The number of methoxy groups -OCH3 is 1. The van der Waals surface area contributed by atoms with Gasteiger partial charge in [-0.1, -0.05) is 42.0 Å². The van der Waals surface area contributed by atoms with E-state index < -0.39 is 6.01 Å². The summed E-state index contributed by atoms with van der Waals surface area (Å²) in [6.45, 7) is 1.04. The Balaban J connectivity index is 1.21. The number of nitrogens with zero attached hydrogens (tertiary/aromatic N) is 1. The van der Waals surface area contributed by atoms with Crippen LogP contribution in [0.5, 0.6) is 5.88 Å². The van der Waals surface area contributed by atoms with Crippen molar-refractivity contribution in [1.82, 2.24) is 4.98 Å². The van der Waals surface area contributed by atoms with E-state index in [0.29, 0.717) is 27.8 Å². The molecule has 0 radical (unpaired) electrons. The van der Waals surface area contributed by atoms with Crippen LogP contribution in [-0.2, 0) is 11.3 Å². The highest BCUT2D eigenvalue weighted by Crippen LogP contribution is 2.46. The first-order chi connectivity index (χ1) is 17.1. The molecule has 2 aromatic heterocycles. The molecule has 2 atom stereocenters. The first-order valence-electron chi connectivity index (χ1n) is 11.9. The molecule has 0 N–H and O–H groups in total. The van der Waals surface area contributed by atoms with E-state index in [2.05, 4.69) is 23.6 Å². The highest BCUT2D eigenvalue weighted by Gasteiger charge is 2.21. The van der Waals surface area contributed by atoms with Gasteiger partial charge in [-0.2, -0.15) is 4.39 Å². The van der Waals surface area contributed by atoms with Crippen LogP contribution < -0.4 is 4.74 Å². The number of benzene rings is 1. The van der Waals surface area contributed by atoms with Crippen LogP contribution in [0.1, 0.15) is 36.9 Å². The molecule has 3 heterocycles. The lowest BCUT2D eigenvalue weighted by atomic mass is 9.86. The molecule has 1 aliphatic heterocycles. The number of allylic oxidation sites excluding steroid dienone is 5. The van der Waals surface area contributed by atoms with Crippen LogP contribution in [0.25, 0.3) is 16.5 Å². The monoisotopic (exact) mass is 513 g/mol. The number of hydrogen-bond acceptors (Lipinski definition) is 4. The normalized spacial score (nSPS) is 20.8. The molecule has 7 heteroatoms. The van der Waals surface area contributed by atoms with Gasteiger partial charge in [0.05, 0.1) is 17.3 Å². The van der Waals surface area contributed by atoms with Crippen molar-refractivity contribution >= 4 is 39.0 Å². The lowest BCUT2D eigenvalue weighted by Crippen LogP contribution is -2.08. The Morgan fingerprint density at radius 3 is 3.00 bits per heavy atom. The lowest BCUT2D eigenvalue weighted by Gasteiger charge is -2.26. The Kier molecular flexibility index (Phi) is 7.61. The number of thiol groups is 1. The van der Waals surface area contributed by atoms with Gasteiger partial charge in [0.1, 0.15) is 12.2 Å². The second-order valence-electron chi connectivity index (χ2n) is 8.91. The van der Waals surface area contributed by atoms with Gasteiger partial charge in [-0.25, -0.2) is 15.9 Å². The van der Waals surface area contributed by atoms with Crippen molar-refractivity contribution in [2.24, 2.45) is 5.92 Å². The van der Waals surface area contributed by atoms with Crippen molar-refractivity contribution in [2.75, 3.05) is 19.5 Å². The topological polar surface area (TPSA) is 44.5 Å². The molecule has 2 aliphatic rings. The predicted molar refractivity (Wildman–Crippen MR) is 143 cm³/mol. The van der Waals surface area contributed by atoms with Crippen molar-refractivity contribution in [3.63, 3.8) is 0 Å². The summed E-state index contributed by atoms with van der Waals surface area (Å²) >= 11 is 6.15. The van der Waals surface area contributed by atoms with Crippen LogP contribution in [-0.4, -0.2) is 24.5 Å². The first-order valence-corrected chi connectivity index (χ1v) is 13.9. The third kappa shape index (κ3) is 5.66. The van der Waals surface area contributed by atoms with Crippen LogP contribution in [0.3, 0.4) is 0 Å². The maximum absolute atomic E-state index is 13.6. The van der Waals surface area contributed by atoms with E-state index in [-0.39, 0.29) is 17.5 Å². The van der Waals surface area contributed by atoms with Crippen LogP contribution in [0, 0.1) is 11.9 Å². The summed E-state index contributed by atoms with van der Waals surface area (Å²) in [4.78, 5) is 6.33. The third-order valence-electron chi connectivity index (χ3n) is 6.59. The van der Waals surface area contributed by atoms with E-state index in [9.17, 15) is 4.39 Å². The smallest absolute Gasteiger partial charge is 0.278 e. The van der Waals surface area contributed by atoms with E-state index in [1.807, 2.05) is 18.2 Å². The number of pyridine rings is 1. The molecule has 184 valence electrons. The summed E-state index contributed by atoms with van der Waals surface area (Å²) in [7, 11) is 1.61. The van der Waals surface area contributed by atoms with Crippen LogP contribution in [0.4, 0.5) is 4.39 Å². The molecule has 0 fully saturated rings. The fourth-order valence-electron chi connectivity index (χ4n) is 4.70. The summed E-state index contributed by atoms with van der Waals surface area (Å²) in [6, 6.07) is 9.99. The van der Waals surface area contributed by atoms with Gasteiger partial charge in [0.2, 0.25) is 5.88 Å². The molecule has 1 aliphatic carbocycles. The highest BCUT2D eigenvalue weighted by molar-refractivity contribution is 8.23. The van der Waals surface area contributed by atoms with E-state index in [4.69, 9.17) is 30.5 Å². The van der Waals surface area contributed by atoms with Crippen LogP contribution in [0.2, 0.25) is 5.02 Å². The number of rotatable bonds is 9. The maximum Gasteiger partial charge on any atom is 0.278 e. The largest absolute Gasteiger partial charge is 0.473 e. The maximum atomic E-state index is 13.6. The summed E-state index contributed by atoms with van der Waals surface area (Å²) < 4.78 is 30.0. The summed E-state index contributed by atoms with van der Waals surface area (Å²) in [5, 5.41) is 3.36. The Labute approximate surface area is 212 Å². The van der Waals surface area contributed by atoms with Crippen molar-refractivity contribution in [3.8, 4) is 5.88 Å². The zero-order chi connectivity index (χ0) is 24.2. The predicted octanol–water partition coefficient (Wildman–Crippen LogP) is 7.83. The molecule has 0 amide bonds. The molecule has 2 unspecified atom stereocenters. The second-order valence-corrected chi connectivity index (χ2v) is 11.6. The van der Waals surface area contributed by atoms with Gasteiger partial charge in [-0.3, -0.25) is 0 Å². The van der Waals surface area contributed by atoms with Crippen molar-refractivity contribution in [3.05, 3.63) is 87.2 Å². The molecular weight excluding hydrogens is 485 g/mol. The SMILES string of the molecule is COCC[SH]1C=CC=C1CC1CC=C(c2cccc(OCc3ccc(Cl)c4cc(F)oc34)n2)CC1. The van der Waals surface area contributed by atoms with Crippen molar-refractivity contribution < 1.29 is 18.3 Å². The van der Waals surface area contributed by atoms with Crippen LogP contribution in [0.15, 0.2) is 69.4 Å². The molecule has 1 aromatic carbocycles. The lowest BCUT2D eigenvalue weighted by molar-refractivity contribution is 0.218. The molecule has 3 aromatic rings. The van der Waals surface area contributed by atoms with Gasteiger partial charge in [0.25, 0.3) is 6.01 Å². The Morgan fingerprint density at radius 2 is 2.17 bits per heavy atom. The second kappa shape index (κ2) is 11.0. The number of fused-ring (bicyclic) bond motifs is 1. The van der Waals surface area contributed by atoms with Gasteiger partial charge in [0, 0.05) is 35.9 Å². The number of hydrogen-bond donors (Lipinski definition) is 1. The Morgan fingerprint density at radius 1 is 1.26 bits per heavy atom. The number of furan rings is 1. The molecule has 5 rings (SSSR count). The number of aromatic nitrogens is 1. The van der Waals surface area contributed by atoms with Gasteiger partial charge >= 0.3 is 0 Å². The minimum Gasteiger partial charge on any atom is -0.473 e. The van der Waals surface area contributed by atoms with E-state index >= 15 is 0 Å². The zero-order valence-corrected chi connectivity index (χ0v) is 21.3. The Hall–Kier alpha value is -2.54. The van der Waals surface area contributed by atoms with Crippen molar-refractivity contribution in [2.45, 2.75) is 32.3 Å². The average molecular weight is 514 g/mol. The highest BCUT2D eigenvalue weighted by atomic mass is 35.5. The molecule has 35 heavy (non-hydrogen) atoms. The van der Waals surface area contributed by atoms with Gasteiger partial charge in [-0.05, 0) is 59.6 Å². The van der Waals surface area contributed by atoms with Gasteiger partial charge < -0.3 is 13.9 Å². The first kappa shape index (κ1) is 24.2. The minimum atomic E-state index is -0.663. The fraction of sp³-hybridized carbons (Fsp3) is 0.321. The fourth-order valence-corrected chi connectivity index (χ4v) is 6.97. The van der Waals surface area contributed by atoms with Crippen LogP contribution >= 0.6 is 22.5 Å². The average Bonchev–Trinajstić information content (AvgIpc) is 3.49. The van der Waals surface area contributed by atoms with Crippen molar-refractivity contribution in [1.29, 1.82) is 0 Å². The number of ether oxygens (including phenoxy) is 2. The summed E-state index contributed by atoms with van der Waals surface area (Å²) in [5.74, 6) is 2.33. The molecule has 0 saturated heterocycles. The molecule has 4 nitrogen and oxygen atoms in total. The number of halogens is 2. The zero-order valence-electron chi connectivity index (χ0n) is 19.7. The standard InChI is InChI=1S/C28H29ClFNO3S/c1-32-13-15-35-14-3-4-22(35)16-19-7-9-20(10-8-19)25-5-2-6-27(31-25)33-18-21-11-12-24(29)23-17-26(30)34-28(21)23/h2-6,9,11-12,14,17,19,35H,7-8,10,13,15-16,18H2,1H3. The molecule has 0 saturated carbocycles. The molecule has 0 bridgehead atoms. The molecule has 0 spiro atoms. The summed E-state index contributed by atoms with van der Waals surface area (Å²) in [6.07, 6.45) is 11.3. The minimum absolute atomic E-state index is 0.163. The van der Waals surface area contributed by atoms with E-state index in [1.165, 1.54) is 18.1 Å². The Bertz CT molecular complexity index is 1300. The van der Waals surface area contributed by atoms with E-state index in [0.717, 1.165) is 42.9 Å². The molecular formula is C28H29ClFNO3S. The van der Waals surface area contributed by atoms with Gasteiger partial charge in [-0.15, -0.1) is 0 Å². The van der Waals surface area contributed by atoms with E-state index in [1.54, 1.807) is 24.1 Å². The van der Waals surface area contributed by atoms with Gasteiger partial charge in [0.15, 0.2) is 0 Å².